The van der Waals surface area contributed by atoms with Crippen LogP contribution in [-0.2, 0) is 22.9 Å². The van der Waals surface area contributed by atoms with Gasteiger partial charge in [-0.15, -0.1) is 0 Å². The van der Waals surface area contributed by atoms with Gasteiger partial charge in [0.25, 0.3) is 0 Å². The minimum Gasteiger partial charge on any atom is -0.384 e. The number of sulfone groups is 1. The van der Waals surface area contributed by atoms with Gasteiger partial charge in [0, 0.05) is 35.8 Å². The van der Waals surface area contributed by atoms with Crippen molar-refractivity contribution in [3.8, 4) is 0 Å². The van der Waals surface area contributed by atoms with Crippen LogP contribution < -0.4 is 0 Å². The molecule has 4 aromatic rings. The average molecular weight is 488 g/mol. The van der Waals surface area contributed by atoms with Gasteiger partial charge >= 0.3 is 6.18 Å². The summed E-state index contributed by atoms with van der Waals surface area (Å²) in [6.45, 7) is -0.212. The number of pyridine rings is 1. The second-order valence-electron chi connectivity index (χ2n) is 7.29. The first-order valence-electron chi connectivity index (χ1n) is 9.35. The Morgan fingerprint density at radius 3 is 2.66 bits per heavy atom. The first kappa shape index (κ1) is 22.5. The predicted octanol–water partition coefficient (Wildman–Crippen LogP) is 3.20. The van der Waals surface area contributed by atoms with Crippen LogP contribution in [0.25, 0.3) is 21.9 Å². The van der Waals surface area contributed by atoms with Crippen LogP contribution in [0.2, 0.25) is 5.02 Å². The molecule has 1 aromatic carbocycles. The molecule has 0 aliphatic heterocycles. The van der Waals surface area contributed by atoms with E-state index in [1.807, 2.05) is 0 Å². The molecule has 8 nitrogen and oxygen atoms in total. The van der Waals surface area contributed by atoms with Gasteiger partial charge in [-0.05, 0) is 24.3 Å². The first-order valence-corrected chi connectivity index (χ1v) is 11.6. The second kappa shape index (κ2) is 8.01. The molecule has 1 atom stereocenters. The standard InChI is InChI=1S/C19H17ClF3N5O3S/c1-32(30,31)18-12-4-6-24-9-15(12)28(26-18)10-17-25-13-8-11(20)2-3-14(13)27(17)7-5-16(29)19(21,22)23/h2-4,6,8-9,16,29H,5,7,10H2,1H3. The van der Waals surface area contributed by atoms with Crippen LogP contribution >= 0.6 is 11.6 Å². The number of aliphatic hydroxyl groups is 1. The lowest BCUT2D eigenvalue weighted by Gasteiger charge is -2.16. The van der Waals surface area contributed by atoms with Gasteiger partial charge in [0.2, 0.25) is 0 Å². The van der Waals surface area contributed by atoms with Crippen molar-refractivity contribution in [3.63, 3.8) is 0 Å². The van der Waals surface area contributed by atoms with E-state index < -0.39 is 28.5 Å². The van der Waals surface area contributed by atoms with Crippen LogP contribution in [0, 0.1) is 0 Å². The lowest BCUT2D eigenvalue weighted by Crippen LogP contribution is -2.29. The van der Waals surface area contributed by atoms with E-state index in [2.05, 4.69) is 15.1 Å². The Hall–Kier alpha value is -2.70. The molecule has 0 spiro atoms. The fourth-order valence-electron chi connectivity index (χ4n) is 3.46. The van der Waals surface area contributed by atoms with Gasteiger partial charge in [0.1, 0.15) is 5.82 Å². The van der Waals surface area contributed by atoms with Crippen molar-refractivity contribution >= 4 is 43.4 Å². The van der Waals surface area contributed by atoms with E-state index in [0.717, 1.165) is 6.26 Å². The Kier molecular flexibility index (Phi) is 5.63. The number of hydrogen-bond acceptors (Lipinski definition) is 6. The molecular formula is C19H17ClF3N5O3S. The molecule has 0 aliphatic rings. The number of aryl methyl sites for hydroxylation is 1. The summed E-state index contributed by atoms with van der Waals surface area (Å²) in [7, 11) is -3.64. The summed E-state index contributed by atoms with van der Waals surface area (Å²) in [5.41, 5.74) is 1.41. The van der Waals surface area contributed by atoms with Crippen molar-refractivity contribution in [1.29, 1.82) is 0 Å². The molecule has 3 heterocycles. The highest BCUT2D eigenvalue weighted by Gasteiger charge is 2.37. The molecule has 1 N–H and O–H groups in total. The van der Waals surface area contributed by atoms with Gasteiger partial charge in [-0.3, -0.25) is 9.67 Å². The van der Waals surface area contributed by atoms with Crippen LogP contribution in [0.4, 0.5) is 13.2 Å². The maximum absolute atomic E-state index is 12.8. The molecule has 0 amide bonds. The van der Waals surface area contributed by atoms with Crippen molar-refractivity contribution < 1.29 is 26.7 Å². The number of halogens is 4. The molecule has 0 saturated carbocycles. The maximum Gasteiger partial charge on any atom is 0.414 e. The minimum absolute atomic E-state index is 0.0356. The van der Waals surface area contributed by atoms with E-state index in [1.165, 1.54) is 27.7 Å². The summed E-state index contributed by atoms with van der Waals surface area (Å²) < 4.78 is 65.7. The first-order chi connectivity index (χ1) is 14.9. The zero-order valence-corrected chi connectivity index (χ0v) is 18.2. The quantitative estimate of drug-likeness (QED) is 0.448. The smallest absolute Gasteiger partial charge is 0.384 e. The van der Waals surface area contributed by atoms with Crippen molar-refractivity contribution in [2.45, 2.75) is 36.8 Å². The van der Waals surface area contributed by atoms with Gasteiger partial charge in [0.05, 0.1) is 29.3 Å². The van der Waals surface area contributed by atoms with Gasteiger partial charge in [-0.1, -0.05) is 11.6 Å². The Labute approximate surface area is 185 Å². The molecule has 0 radical (unpaired) electrons. The number of alkyl halides is 3. The number of hydrogen-bond donors (Lipinski definition) is 1. The average Bonchev–Trinajstić information content (AvgIpc) is 3.23. The summed E-state index contributed by atoms with van der Waals surface area (Å²) in [4.78, 5) is 8.49. The SMILES string of the molecule is CS(=O)(=O)c1nn(Cc2nc3cc(Cl)ccc3n2CCC(O)C(F)(F)F)c2cnccc12. The number of benzene rings is 1. The molecule has 32 heavy (non-hydrogen) atoms. The lowest BCUT2D eigenvalue weighted by atomic mass is 10.2. The third kappa shape index (κ3) is 4.30. The molecule has 0 saturated heterocycles. The number of imidazole rings is 1. The number of fused-ring (bicyclic) bond motifs is 2. The maximum atomic E-state index is 12.8. The summed E-state index contributed by atoms with van der Waals surface area (Å²) in [5.74, 6) is 0.324. The summed E-state index contributed by atoms with van der Waals surface area (Å²) >= 11 is 6.03. The summed E-state index contributed by atoms with van der Waals surface area (Å²) in [6.07, 6.45) is -3.89. The van der Waals surface area contributed by atoms with Gasteiger partial charge in [-0.2, -0.15) is 18.3 Å². The fraction of sp³-hybridized carbons (Fsp3) is 0.316. The van der Waals surface area contributed by atoms with Gasteiger partial charge in [0.15, 0.2) is 21.0 Å². The summed E-state index contributed by atoms with van der Waals surface area (Å²) in [5, 5.41) is 14.3. The van der Waals surface area contributed by atoms with Crippen LogP contribution in [0.5, 0.6) is 0 Å². The molecule has 3 aromatic heterocycles. The predicted molar refractivity (Wildman–Crippen MR) is 111 cm³/mol. The molecule has 1 unspecified atom stereocenters. The normalized spacial score (nSPS) is 13.8. The van der Waals surface area contributed by atoms with Gasteiger partial charge in [-0.25, -0.2) is 13.4 Å². The molecule has 170 valence electrons. The third-order valence-electron chi connectivity index (χ3n) is 4.96. The number of rotatable bonds is 6. The Bertz CT molecular complexity index is 1420. The molecule has 4 rings (SSSR count). The van der Waals surface area contributed by atoms with E-state index in [4.69, 9.17) is 11.6 Å². The molecule has 0 fully saturated rings. The molecule has 0 bridgehead atoms. The number of aromatic nitrogens is 5. The largest absolute Gasteiger partial charge is 0.414 e. The zero-order chi connectivity index (χ0) is 23.3. The Morgan fingerprint density at radius 2 is 1.97 bits per heavy atom. The fourth-order valence-corrected chi connectivity index (χ4v) is 4.44. The molecule has 13 heteroatoms. The topological polar surface area (TPSA) is 103 Å². The highest BCUT2D eigenvalue weighted by molar-refractivity contribution is 7.90. The molecular weight excluding hydrogens is 471 g/mol. The highest BCUT2D eigenvalue weighted by Crippen LogP contribution is 2.27. The molecule has 0 aliphatic carbocycles. The zero-order valence-electron chi connectivity index (χ0n) is 16.6. The van der Waals surface area contributed by atoms with Crippen LogP contribution in [0.3, 0.4) is 0 Å². The summed E-state index contributed by atoms with van der Waals surface area (Å²) in [6, 6.07) is 6.30. The van der Waals surface area contributed by atoms with Crippen LogP contribution in [0.1, 0.15) is 12.2 Å². The van der Waals surface area contributed by atoms with E-state index in [1.54, 1.807) is 18.2 Å². The lowest BCUT2D eigenvalue weighted by molar-refractivity contribution is -0.206. The van der Waals surface area contributed by atoms with Crippen LogP contribution in [-0.4, -0.2) is 56.4 Å². The van der Waals surface area contributed by atoms with Gasteiger partial charge < -0.3 is 9.67 Å². The van der Waals surface area contributed by atoms with Crippen molar-refractivity contribution in [2.75, 3.05) is 6.26 Å². The third-order valence-corrected chi connectivity index (χ3v) is 6.19. The monoisotopic (exact) mass is 487 g/mol. The van der Waals surface area contributed by atoms with Crippen molar-refractivity contribution in [2.24, 2.45) is 0 Å². The second-order valence-corrected chi connectivity index (χ2v) is 9.65. The van der Waals surface area contributed by atoms with Crippen LogP contribution in [0.15, 0.2) is 41.7 Å². The van der Waals surface area contributed by atoms with Crippen molar-refractivity contribution in [3.05, 3.63) is 47.5 Å². The van der Waals surface area contributed by atoms with Crippen molar-refractivity contribution in [1.82, 2.24) is 24.3 Å². The number of nitrogens with zero attached hydrogens (tertiary/aromatic N) is 5. The Balaban J connectivity index is 1.80. The highest BCUT2D eigenvalue weighted by atomic mass is 35.5. The van der Waals surface area contributed by atoms with E-state index >= 15 is 0 Å². The number of aliphatic hydroxyl groups excluding tert-OH is 1. The van der Waals surface area contributed by atoms with E-state index in [9.17, 15) is 26.7 Å². The van der Waals surface area contributed by atoms with E-state index in [-0.39, 0.29) is 18.1 Å². The minimum atomic E-state index is -4.74. The Morgan fingerprint density at radius 1 is 1.22 bits per heavy atom. The van der Waals surface area contributed by atoms with E-state index in [0.29, 0.717) is 32.8 Å².